The predicted octanol–water partition coefficient (Wildman–Crippen LogP) is 3.99. The van der Waals surface area contributed by atoms with Crippen molar-refractivity contribution in [2.75, 3.05) is 6.61 Å². The highest BCUT2D eigenvalue weighted by molar-refractivity contribution is 5.78. The number of carbonyl (C=O) groups excluding carboxylic acids is 1. The smallest absolute Gasteiger partial charge is 0.258 e. The number of hydrogen-bond acceptors (Lipinski definition) is 2. The first-order valence-corrected chi connectivity index (χ1v) is 8.24. The number of carbonyl (C=O) groups is 1. The minimum atomic E-state index is -0.0646. The number of para-hydroxylation sites is 1. The fourth-order valence-corrected chi connectivity index (χ4v) is 3.18. The lowest BCUT2D eigenvalue weighted by atomic mass is 10.0. The summed E-state index contributed by atoms with van der Waals surface area (Å²) in [4.78, 5) is 12.2. The lowest BCUT2D eigenvalue weighted by molar-refractivity contribution is -0.123. The highest BCUT2D eigenvalue weighted by Crippen LogP contribution is 2.30. The van der Waals surface area contributed by atoms with Crippen LogP contribution in [-0.2, 0) is 11.2 Å². The molecule has 0 spiro atoms. The van der Waals surface area contributed by atoms with Crippen LogP contribution in [0.2, 0.25) is 0 Å². The van der Waals surface area contributed by atoms with Crippen LogP contribution < -0.4 is 10.1 Å². The average Bonchev–Trinajstić information content (AvgIpc) is 2.96. The van der Waals surface area contributed by atoms with Crippen LogP contribution in [0.5, 0.6) is 5.75 Å². The molecule has 3 heteroatoms. The summed E-state index contributed by atoms with van der Waals surface area (Å²) < 4.78 is 5.75. The lowest BCUT2D eigenvalue weighted by Crippen LogP contribution is -2.31. The Kier molecular flexibility index (Phi) is 4.65. The first-order valence-electron chi connectivity index (χ1n) is 8.24. The summed E-state index contributed by atoms with van der Waals surface area (Å²) in [7, 11) is 0. The normalized spacial score (nSPS) is 16.2. The van der Waals surface area contributed by atoms with E-state index in [0.29, 0.717) is 5.92 Å². The van der Waals surface area contributed by atoms with E-state index in [1.807, 2.05) is 30.3 Å². The van der Waals surface area contributed by atoms with Crippen LogP contribution in [0.4, 0.5) is 0 Å². The van der Waals surface area contributed by atoms with Crippen molar-refractivity contribution >= 4 is 5.91 Å². The Morgan fingerprint density at radius 1 is 1.17 bits per heavy atom. The molecule has 0 heterocycles. The zero-order valence-electron chi connectivity index (χ0n) is 13.7. The van der Waals surface area contributed by atoms with Gasteiger partial charge in [0.2, 0.25) is 0 Å². The fraction of sp³-hybridized carbons (Fsp3) is 0.350. The molecule has 0 radical (unpaired) electrons. The maximum Gasteiger partial charge on any atom is 0.258 e. The molecular formula is C20H23NO2. The number of amides is 1. The third kappa shape index (κ3) is 3.55. The SMILES string of the molecule is CC(C)c1ccccc1OCC(=O)N[C@@H]1CCc2ccccc21. The predicted molar refractivity (Wildman–Crippen MR) is 91.7 cm³/mol. The van der Waals surface area contributed by atoms with Crippen molar-refractivity contribution in [3.8, 4) is 5.75 Å². The second-order valence-electron chi connectivity index (χ2n) is 6.34. The van der Waals surface area contributed by atoms with E-state index in [4.69, 9.17) is 4.74 Å². The van der Waals surface area contributed by atoms with Crippen molar-refractivity contribution < 1.29 is 9.53 Å². The van der Waals surface area contributed by atoms with E-state index < -0.39 is 0 Å². The van der Waals surface area contributed by atoms with Crippen LogP contribution >= 0.6 is 0 Å². The minimum absolute atomic E-state index is 0.0579. The molecule has 3 rings (SSSR count). The molecule has 1 N–H and O–H groups in total. The largest absolute Gasteiger partial charge is 0.483 e. The van der Waals surface area contributed by atoms with Crippen molar-refractivity contribution in [1.29, 1.82) is 0 Å². The molecule has 0 aromatic heterocycles. The maximum atomic E-state index is 12.2. The molecule has 1 amide bonds. The number of benzene rings is 2. The Morgan fingerprint density at radius 2 is 1.91 bits per heavy atom. The van der Waals surface area contributed by atoms with Crippen LogP contribution in [0.15, 0.2) is 48.5 Å². The van der Waals surface area contributed by atoms with Gasteiger partial charge in [0.1, 0.15) is 5.75 Å². The van der Waals surface area contributed by atoms with Crippen LogP contribution in [-0.4, -0.2) is 12.5 Å². The molecular weight excluding hydrogens is 286 g/mol. The molecule has 2 aromatic carbocycles. The average molecular weight is 309 g/mol. The standard InChI is InChI=1S/C20H23NO2/c1-14(2)16-8-5-6-10-19(16)23-13-20(22)21-18-12-11-15-7-3-4-9-17(15)18/h3-10,14,18H,11-13H2,1-2H3,(H,21,22)/t18-/m1/s1. The summed E-state index contributed by atoms with van der Waals surface area (Å²) in [5.41, 5.74) is 3.71. The van der Waals surface area contributed by atoms with Gasteiger partial charge >= 0.3 is 0 Å². The van der Waals surface area contributed by atoms with Gasteiger partial charge in [-0.2, -0.15) is 0 Å². The lowest BCUT2D eigenvalue weighted by Gasteiger charge is -2.16. The molecule has 0 saturated carbocycles. The molecule has 3 nitrogen and oxygen atoms in total. The molecule has 0 aliphatic heterocycles. The Labute approximate surface area is 137 Å². The quantitative estimate of drug-likeness (QED) is 0.907. The van der Waals surface area contributed by atoms with Gasteiger partial charge in [0.05, 0.1) is 6.04 Å². The zero-order chi connectivity index (χ0) is 16.2. The highest BCUT2D eigenvalue weighted by atomic mass is 16.5. The van der Waals surface area contributed by atoms with Gasteiger partial charge < -0.3 is 10.1 Å². The summed E-state index contributed by atoms with van der Waals surface area (Å²) in [5.74, 6) is 1.10. The number of ether oxygens (including phenoxy) is 1. The van der Waals surface area contributed by atoms with Crippen molar-refractivity contribution in [3.63, 3.8) is 0 Å². The number of nitrogens with one attached hydrogen (secondary N) is 1. The molecule has 1 aliphatic rings. The summed E-state index contributed by atoms with van der Waals surface area (Å²) >= 11 is 0. The monoisotopic (exact) mass is 309 g/mol. The summed E-state index contributed by atoms with van der Waals surface area (Å²) in [6.45, 7) is 4.30. The molecule has 120 valence electrons. The topological polar surface area (TPSA) is 38.3 Å². The molecule has 0 bridgehead atoms. The molecule has 23 heavy (non-hydrogen) atoms. The Hall–Kier alpha value is -2.29. The van der Waals surface area contributed by atoms with Gasteiger partial charge in [-0.15, -0.1) is 0 Å². The van der Waals surface area contributed by atoms with Gasteiger partial charge in [-0.1, -0.05) is 56.3 Å². The van der Waals surface area contributed by atoms with E-state index >= 15 is 0 Å². The van der Waals surface area contributed by atoms with E-state index in [1.54, 1.807) is 0 Å². The number of rotatable bonds is 5. The Morgan fingerprint density at radius 3 is 2.74 bits per heavy atom. The Bertz CT molecular complexity index is 694. The van der Waals surface area contributed by atoms with Gasteiger partial charge in [-0.3, -0.25) is 4.79 Å². The molecule has 0 fully saturated rings. The third-order valence-corrected chi connectivity index (χ3v) is 4.37. The zero-order valence-corrected chi connectivity index (χ0v) is 13.7. The van der Waals surface area contributed by atoms with Gasteiger partial charge in [0, 0.05) is 0 Å². The van der Waals surface area contributed by atoms with Gasteiger partial charge in [-0.25, -0.2) is 0 Å². The maximum absolute atomic E-state index is 12.2. The molecule has 2 aromatic rings. The minimum Gasteiger partial charge on any atom is -0.483 e. The van der Waals surface area contributed by atoms with Gasteiger partial charge in [-0.05, 0) is 41.5 Å². The highest BCUT2D eigenvalue weighted by Gasteiger charge is 2.23. The van der Waals surface area contributed by atoms with Crippen LogP contribution in [0.3, 0.4) is 0 Å². The van der Waals surface area contributed by atoms with Crippen LogP contribution in [0.1, 0.15) is 48.9 Å². The van der Waals surface area contributed by atoms with Gasteiger partial charge in [0.25, 0.3) is 5.91 Å². The summed E-state index contributed by atoms with van der Waals surface area (Å²) in [5, 5.41) is 3.09. The van der Waals surface area contributed by atoms with E-state index in [-0.39, 0.29) is 18.6 Å². The summed E-state index contributed by atoms with van der Waals surface area (Å²) in [6, 6.07) is 16.3. The van der Waals surface area contributed by atoms with Crippen molar-refractivity contribution in [3.05, 3.63) is 65.2 Å². The van der Waals surface area contributed by atoms with E-state index in [0.717, 1.165) is 24.2 Å². The van der Waals surface area contributed by atoms with Crippen molar-refractivity contribution in [2.45, 2.75) is 38.6 Å². The van der Waals surface area contributed by atoms with E-state index in [9.17, 15) is 4.79 Å². The van der Waals surface area contributed by atoms with Crippen LogP contribution in [0.25, 0.3) is 0 Å². The number of fused-ring (bicyclic) bond motifs is 1. The van der Waals surface area contributed by atoms with Crippen molar-refractivity contribution in [1.82, 2.24) is 5.32 Å². The fourth-order valence-electron chi connectivity index (χ4n) is 3.18. The molecule has 1 atom stereocenters. The number of hydrogen-bond donors (Lipinski definition) is 1. The molecule has 0 saturated heterocycles. The second-order valence-corrected chi connectivity index (χ2v) is 6.34. The van der Waals surface area contributed by atoms with Crippen LogP contribution in [0, 0.1) is 0 Å². The first-order chi connectivity index (χ1) is 11.1. The van der Waals surface area contributed by atoms with E-state index in [2.05, 4.69) is 37.4 Å². The number of aryl methyl sites for hydroxylation is 1. The first kappa shape index (κ1) is 15.6. The second kappa shape index (κ2) is 6.86. The third-order valence-electron chi connectivity index (χ3n) is 4.37. The Balaban J connectivity index is 1.59. The van der Waals surface area contributed by atoms with Gasteiger partial charge in [0.15, 0.2) is 6.61 Å². The molecule has 0 unspecified atom stereocenters. The van der Waals surface area contributed by atoms with Crippen molar-refractivity contribution in [2.24, 2.45) is 0 Å². The summed E-state index contributed by atoms with van der Waals surface area (Å²) in [6.07, 6.45) is 1.99. The molecule has 1 aliphatic carbocycles. The van der Waals surface area contributed by atoms with E-state index in [1.165, 1.54) is 11.1 Å².